The molecular weight excluding hydrogens is 452 g/mol. The SMILES string of the molecule is CC(C)OC(=O)c1c(NC(=O)COC(=O)C2CSC3(C)CCC(=O)N23)sc2c1CCCC2. The lowest BCUT2D eigenvalue weighted by Crippen LogP contribution is -2.47. The van der Waals surface area contributed by atoms with Gasteiger partial charge in [0.25, 0.3) is 5.91 Å². The standard InChI is InChI=1S/C22H28N2O6S2/c1-12(2)30-21(28)18-13-6-4-5-7-15(13)32-19(18)23-16(25)10-29-20(27)14-11-31-22(3)9-8-17(26)24(14)22/h12,14H,4-11H2,1-3H3,(H,23,25). The van der Waals surface area contributed by atoms with Crippen molar-refractivity contribution in [3.05, 3.63) is 16.0 Å². The molecule has 174 valence electrons. The number of fused-ring (bicyclic) bond motifs is 2. The summed E-state index contributed by atoms with van der Waals surface area (Å²) in [5.41, 5.74) is 1.37. The second kappa shape index (κ2) is 9.05. The van der Waals surface area contributed by atoms with Crippen LogP contribution in [-0.4, -0.2) is 58.0 Å². The van der Waals surface area contributed by atoms with Gasteiger partial charge in [-0.25, -0.2) is 9.59 Å². The lowest BCUT2D eigenvalue weighted by molar-refractivity contribution is -0.155. The molecule has 2 atom stereocenters. The number of rotatable bonds is 6. The van der Waals surface area contributed by atoms with Crippen LogP contribution in [0.25, 0.3) is 0 Å². The number of hydrogen-bond acceptors (Lipinski definition) is 8. The third-order valence-corrected chi connectivity index (χ3v) is 8.75. The zero-order valence-corrected chi connectivity index (χ0v) is 20.2. The molecule has 32 heavy (non-hydrogen) atoms. The number of thiophene rings is 1. The van der Waals surface area contributed by atoms with Crippen LogP contribution in [0.5, 0.6) is 0 Å². The lowest BCUT2D eigenvalue weighted by Gasteiger charge is -2.29. The van der Waals surface area contributed by atoms with E-state index in [4.69, 9.17) is 9.47 Å². The average Bonchev–Trinajstić information content (AvgIpc) is 3.36. The van der Waals surface area contributed by atoms with Gasteiger partial charge >= 0.3 is 11.9 Å². The number of aryl methyl sites for hydroxylation is 1. The summed E-state index contributed by atoms with van der Waals surface area (Å²) in [6, 6.07) is -0.668. The Morgan fingerprint density at radius 3 is 2.72 bits per heavy atom. The van der Waals surface area contributed by atoms with Gasteiger partial charge in [-0.1, -0.05) is 0 Å². The Hall–Kier alpha value is -2.07. The Balaban J connectivity index is 1.41. The molecule has 8 nitrogen and oxygen atoms in total. The van der Waals surface area contributed by atoms with Crippen LogP contribution in [0, 0.1) is 0 Å². The lowest BCUT2D eigenvalue weighted by atomic mass is 9.95. The molecule has 3 heterocycles. The van der Waals surface area contributed by atoms with Crippen molar-refractivity contribution in [3.63, 3.8) is 0 Å². The molecule has 1 N–H and O–H groups in total. The van der Waals surface area contributed by atoms with E-state index in [-0.39, 0.29) is 16.9 Å². The van der Waals surface area contributed by atoms with Crippen molar-refractivity contribution in [1.82, 2.24) is 4.90 Å². The Bertz CT molecular complexity index is 958. The van der Waals surface area contributed by atoms with E-state index in [1.54, 1.807) is 30.5 Å². The van der Waals surface area contributed by atoms with E-state index < -0.39 is 30.5 Å². The highest BCUT2D eigenvalue weighted by molar-refractivity contribution is 8.01. The fourth-order valence-electron chi connectivity index (χ4n) is 4.53. The number of amides is 2. The Morgan fingerprint density at radius 1 is 1.22 bits per heavy atom. The molecule has 0 radical (unpaired) electrons. The summed E-state index contributed by atoms with van der Waals surface area (Å²) in [5.74, 6) is -1.12. The smallest absolute Gasteiger partial charge is 0.341 e. The van der Waals surface area contributed by atoms with Crippen LogP contribution in [0.3, 0.4) is 0 Å². The number of thioether (sulfide) groups is 1. The molecule has 10 heteroatoms. The molecule has 4 rings (SSSR count). The fraction of sp³-hybridized carbons (Fsp3) is 0.636. The molecule has 2 amide bonds. The van der Waals surface area contributed by atoms with Gasteiger partial charge in [0, 0.05) is 17.1 Å². The third kappa shape index (κ3) is 4.39. The van der Waals surface area contributed by atoms with Gasteiger partial charge in [0.05, 0.1) is 16.5 Å². The first-order chi connectivity index (χ1) is 15.2. The monoisotopic (exact) mass is 480 g/mol. The molecule has 2 aliphatic heterocycles. The van der Waals surface area contributed by atoms with Crippen LogP contribution in [-0.2, 0) is 36.7 Å². The highest BCUT2D eigenvalue weighted by Crippen LogP contribution is 2.47. The molecule has 2 fully saturated rings. The quantitative estimate of drug-likeness (QED) is 0.624. The van der Waals surface area contributed by atoms with E-state index >= 15 is 0 Å². The van der Waals surface area contributed by atoms with E-state index in [2.05, 4.69) is 5.32 Å². The van der Waals surface area contributed by atoms with Gasteiger partial charge in [0.2, 0.25) is 5.91 Å². The van der Waals surface area contributed by atoms with Crippen molar-refractivity contribution < 1.29 is 28.7 Å². The summed E-state index contributed by atoms with van der Waals surface area (Å²) in [4.78, 5) is 52.4. The second-order valence-electron chi connectivity index (χ2n) is 8.79. The third-order valence-electron chi connectivity index (χ3n) is 6.03. The predicted molar refractivity (Wildman–Crippen MR) is 122 cm³/mol. The highest BCUT2D eigenvalue weighted by atomic mass is 32.2. The minimum atomic E-state index is -0.668. The topological polar surface area (TPSA) is 102 Å². The van der Waals surface area contributed by atoms with Crippen LogP contribution in [0.2, 0.25) is 0 Å². The number of anilines is 1. The molecule has 1 aromatic rings. The number of carbonyl (C=O) groups excluding carboxylic acids is 4. The number of nitrogens with zero attached hydrogens (tertiary/aromatic N) is 1. The van der Waals surface area contributed by atoms with Gasteiger partial charge in [-0.3, -0.25) is 9.59 Å². The van der Waals surface area contributed by atoms with Crippen molar-refractivity contribution in [2.75, 3.05) is 17.7 Å². The normalized spacial score (nSPS) is 24.3. The van der Waals surface area contributed by atoms with Crippen molar-refractivity contribution in [2.45, 2.75) is 76.3 Å². The summed E-state index contributed by atoms with van der Waals surface area (Å²) < 4.78 is 10.7. The molecule has 0 bridgehead atoms. The first-order valence-corrected chi connectivity index (χ1v) is 12.8. The number of esters is 2. The zero-order chi connectivity index (χ0) is 23.0. The first-order valence-electron chi connectivity index (χ1n) is 11.0. The largest absolute Gasteiger partial charge is 0.459 e. The summed E-state index contributed by atoms with van der Waals surface area (Å²) in [7, 11) is 0. The van der Waals surface area contributed by atoms with Gasteiger partial charge in [-0.05, 0) is 58.4 Å². The molecule has 0 saturated carbocycles. The summed E-state index contributed by atoms with van der Waals surface area (Å²) in [6.45, 7) is 5.05. The van der Waals surface area contributed by atoms with E-state index in [1.165, 1.54) is 11.3 Å². The average molecular weight is 481 g/mol. The number of ether oxygens (including phenoxy) is 2. The molecule has 2 saturated heterocycles. The molecule has 2 unspecified atom stereocenters. The van der Waals surface area contributed by atoms with Crippen molar-refractivity contribution >= 4 is 51.9 Å². The highest BCUT2D eigenvalue weighted by Gasteiger charge is 2.53. The minimum Gasteiger partial charge on any atom is -0.459 e. The van der Waals surface area contributed by atoms with Crippen molar-refractivity contribution in [2.24, 2.45) is 0 Å². The van der Waals surface area contributed by atoms with Crippen LogP contribution in [0.15, 0.2) is 0 Å². The van der Waals surface area contributed by atoms with Crippen LogP contribution in [0.1, 0.15) is 67.3 Å². The van der Waals surface area contributed by atoms with Crippen LogP contribution >= 0.6 is 23.1 Å². The van der Waals surface area contributed by atoms with Crippen LogP contribution in [0.4, 0.5) is 5.00 Å². The van der Waals surface area contributed by atoms with Gasteiger partial charge in [-0.15, -0.1) is 23.1 Å². The fourth-order valence-corrected chi connectivity index (χ4v) is 7.24. The number of nitrogens with one attached hydrogen (secondary N) is 1. The second-order valence-corrected chi connectivity index (χ2v) is 11.4. The molecule has 0 aromatic carbocycles. The molecule has 3 aliphatic rings. The van der Waals surface area contributed by atoms with Gasteiger partial charge in [0.15, 0.2) is 6.61 Å². The maximum atomic E-state index is 12.7. The van der Waals surface area contributed by atoms with E-state index in [0.29, 0.717) is 29.2 Å². The maximum absolute atomic E-state index is 12.7. The predicted octanol–water partition coefficient (Wildman–Crippen LogP) is 3.13. The summed E-state index contributed by atoms with van der Waals surface area (Å²) in [5, 5.41) is 3.19. The summed E-state index contributed by atoms with van der Waals surface area (Å²) >= 11 is 2.96. The van der Waals surface area contributed by atoms with Gasteiger partial charge < -0.3 is 19.7 Å². The molecule has 1 aromatic heterocycles. The molecular formula is C22H28N2O6S2. The van der Waals surface area contributed by atoms with E-state index in [0.717, 1.165) is 36.1 Å². The Labute approximate surface area is 195 Å². The van der Waals surface area contributed by atoms with Crippen molar-refractivity contribution in [1.29, 1.82) is 0 Å². The molecule has 0 spiro atoms. The maximum Gasteiger partial charge on any atom is 0.341 e. The Kier molecular flexibility index (Phi) is 6.53. The van der Waals surface area contributed by atoms with E-state index in [1.807, 2.05) is 6.92 Å². The minimum absolute atomic E-state index is 0.0543. The van der Waals surface area contributed by atoms with Gasteiger partial charge in [0.1, 0.15) is 11.0 Å². The van der Waals surface area contributed by atoms with E-state index in [9.17, 15) is 19.2 Å². The zero-order valence-electron chi connectivity index (χ0n) is 18.5. The van der Waals surface area contributed by atoms with Crippen LogP contribution < -0.4 is 5.32 Å². The first kappa shape index (κ1) is 23.1. The number of hydrogen-bond donors (Lipinski definition) is 1. The Morgan fingerprint density at radius 2 is 1.97 bits per heavy atom. The molecule has 1 aliphatic carbocycles. The number of carbonyl (C=O) groups is 4. The van der Waals surface area contributed by atoms with Crippen molar-refractivity contribution in [3.8, 4) is 0 Å². The summed E-state index contributed by atoms with van der Waals surface area (Å²) in [6.07, 6.45) is 4.55. The van der Waals surface area contributed by atoms with Gasteiger partial charge in [-0.2, -0.15) is 0 Å².